The minimum Gasteiger partial charge on any atom is -0.481 e. The number of aliphatic carboxylic acids is 1. The van der Waals surface area contributed by atoms with Gasteiger partial charge in [0.05, 0.1) is 11.9 Å². The minimum atomic E-state index is -0.813. The Kier molecular flexibility index (Phi) is 3.04. The van der Waals surface area contributed by atoms with Crippen LogP contribution >= 0.6 is 0 Å². The zero-order chi connectivity index (χ0) is 14.4. The third-order valence-corrected chi connectivity index (χ3v) is 4.26. The van der Waals surface area contributed by atoms with Crippen molar-refractivity contribution in [2.24, 2.45) is 13.0 Å². The van der Waals surface area contributed by atoms with E-state index < -0.39 is 5.97 Å². The van der Waals surface area contributed by atoms with E-state index in [4.69, 9.17) is 5.11 Å². The van der Waals surface area contributed by atoms with E-state index >= 15 is 0 Å². The van der Waals surface area contributed by atoms with E-state index in [9.17, 15) is 9.18 Å². The summed E-state index contributed by atoms with van der Waals surface area (Å²) < 4.78 is 16.1. The van der Waals surface area contributed by atoms with E-state index in [-0.39, 0.29) is 18.2 Å². The SMILES string of the molecule is Cc1cn(C)c2c(F)cc(C(CC(=O)O)C3CC3)cc12. The first-order valence-corrected chi connectivity index (χ1v) is 6.94. The number of hydrogen-bond acceptors (Lipinski definition) is 1. The topological polar surface area (TPSA) is 42.2 Å². The third kappa shape index (κ3) is 2.19. The average Bonchev–Trinajstić information content (AvgIpc) is 3.14. The molecule has 1 aromatic heterocycles. The molecule has 0 saturated heterocycles. The van der Waals surface area contributed by atoms with Crippen LogP contribution in [0, 0.1) is 18.7 Å². The summed E-state index contributed by atoms with van der Waals surface area (Å²) in [5.74, 6) is -0.741. The highest BCUT2D eigenvalue weighted by atomic mass is 19.1. The Labute approximate surface area is 117 Å². The van der Waals surface area contributed by atoms with Gasteiger partial charge in [0.2, 0.25) is 0 Å². The molecule has 1 atom stereocenters. The average molecular weight is 275 g/mol. The molecule has 1 aromatic carbocycles. The fraction of sp³-hybridized carbons (Fsp3) is 0.438. The number of carbonyl (C=O) groups is 1. The summed E-state index contributed by atoms with van der Waals surface area (Å²) in [4.78, 5) is 11.0. The van der Waals surface area contributed by atoms with Crippen LogP contribution in [0.4, 0.5) is 4.39 Å². The molecule has 106 valence electrons. The smallest absolute Gasteiger partial charge is 0.303 e. The van der Waals surface area contributed by atoms with Crippen molar-refractivity contribution in [3.8, 4) is 0 Å². The molecule has 1 heterocycles. The van der Waals surface area contributed by atoms with E-state index in [0.717, 1.165) is 29.4 Å². The van der Waals surface area contributed by atoms with Gasteiger partial charge in [-0.3, -0.25) is 4.79 Å². The van der Waals surface area contributed by atoms with Crippen LogP contribution in [0.15, 0.2) is 18.3 Å². The van der Waals surface area contributed by atoms with Gasteiger partial charge in [-0.15, -0.1) is 0 Å². The first-order valence-electron chi connectivity index (χ1n) is 6.94. The highest BCUT2D eigenvalue weighted by Gasteiger charge is 2.34. The molecule has 20 heavy (non-hydrogen) atoms. The maximum Gasteiger partial charge on any atom is 0.303 e. The monoisotopic (exact) mass is 275 g/mol. The highest BCUT2D eigenvalue weighted by Crippen LogP contribution is 2.45. The Balaban J connectivity index is 2.10. The van der Waals surface area contributed by atoms with E-state index in [1.807, 2.05) is 26.2 Å². The van der Waals surface area contributed by atoms with Crippen LogP contribution < -0.4 is 0 Å². The van der Waals surface area contributed by atoms with Gasteiger partial charge in [-0.05, 0) is 54.9 Å². The number of hydrogen-bond donors (Lipinski definition) is 1. The molecule has 2 aromatic rings. The quantitative estimate of drug-likeness (QED) is 0.926. The zero-order valence-corrected chi connectivity index (χ0v) is 11.7. The predicted molar refractivity (Wildman–Crippen MR) is 75.3 cm³/mol. The number of carboxylic acids is 1. The van der Waals surface area contributed by atoms with Gasteiger partial charge in [-0.2, -0.15) is 0 Å². The van der Waals surface area contributed by atoms with Gasteiger partial charge in [0.15, 0.2) is 0 Å². The highest BCUT2D eigenvalue weighted by molar-refractivity contribution is 5.85. The van der Waals surface area contributed by atoms with Crippen LogP contribution in [0.2, 0.25) is 0 Å². The second kappa shape index (κ2) is 4.62. The summed E-state index contributed by atoms with van der Waals surface area (Å²) >= 11 is 0. The van der Waals surface area contributed by atoms with Crippen molar-refractivity contribution in [2.45, 2.75) is 32.1 Å². The van der Waals surface area contributed by atoms with Crippen molar-refractivity contribution >= 4 is 16.9 Å². The molecule has 1 aliphatic carbocycles. The molecule has 1 unspecified atom stereocenters. The summed E-state index contributed by atoms with van der Waals surface area (Å²) in [5, 5.41) is 9.95. The van der Waals surface area contributed by atoms with Crippen molar-refractivity contribution in [1.82, 2.24) is 4.57 Å². The summed E-state index contributed by atoms with van der Waals surface area (Å²) in [5.41, 5.74) is 2.44. The van der Waals surface area contributed by atoms with Crippen molar-refractivity contribution in [2.75, 3.05) is 0 Å². The third-order valence-electron chi connectivity index (χ3n) is 4.26. The number of aromatic nitrogens is 1. The Morgan fingerprint density at radius 1 is 1.50 bits per heavy atom. The number of nitrogens with zero attached hydrogens (tertiary/aromatic N) is 1. The van der Waals surface area contributed by atoms with Crippen LogP contribution in [-0.2, 0) is 11.8 Å². The van der Waals surface area contributed by atoms with Gasteiger partial charge in [0, 0.05) is 18.6 Å². The molecule has 0 spiro atoms. The van der Waals surface area contributed by atoms with Crippen LogP contribution in [0.25, 0.3) is 10.9 Å². The Hall–Kier alpha value is -1.84. The number of rotatable bonds is 4. The lowest BCUT2D eigenvalue weighted by Crippen LogP contribution is -2.09. The Bertz CT molecular complexity index is 685. The molecule has 0 amide bonds. The molecule has 0 radical (unpaired) electrons. The molecule has 4 heteroatoms. The minimum absolute atomic E-state index is 0.0639. The molecule has 1 saturated carbocycles. The van der Waals surface area contributed by atoms with Gasteiger partial charge in [-0.1, -0.05) is 0 Å². The molecule has 3 rings (SSSR count). The molecule has 0 bridgehead atoms. The number of fused-ring (bicyclic) bond motifs is 1. The van der Waals surface area contributed by atoms with Gasteiger partial charge in [0.25, 0.3) is 0 Å². The van der Waals surface area contributed by atoms with E-state index in [1.54, 1.807) is 4.57 Å². The number of carboxylic acid groups (broad SMARTS) is 1. The largest absolute Gasteiger partial charge is 0.481 e. The molecule has 3 nitrogen and oxygen atoms in total. The van der Waals surface area contributed by atoms with Gasteiger partial charge in [-0.25, -0.2) is 4.39 Å². The second-order valence-electron chi connectivity index (χ2n) is 5.86. The second-order valence-corrected chi connectivity index (χ2v) is 5.86. The maximum absolute atomic E-state index is 14.3. The normalized spacial score (nSPS) is 16.6. The number of aryl methyl sites for hydroxylation is 2. The first kappa shape index (κ1) is 13.2. The first-order chi connectivity index (χ1) is 9.47. The standard InChI is InChI=1S/C16H18FNO2/c1-9-8-18(2)16-12(9)5-11(6-14(16)17)13(7-15(19)20)10-3-4-10/h5-6,8,10,13H,3-4,7H2,1-2H3,(H,19,20). The summed E-state index contributed by atoms with van der Waals surface area (Å²) in [6, 6.07) is 3.49. The fourth-order valence-corrected chi connectivity index (χ4v) is 3.16. The van der Waals surface area contributed by atoms with Crippen molar-refractivity contribution in [1.29, 1.82) is 0 Å². The van der Waals surface area contributed by atoms with Crippen LogP contribution in [0.3, 0.4) is 0 Å². The zero-order valence-electron chi connectivity index (χ0n) is 11.7. The molecule has 1 aliphatic rings. The lowest BCUT2D eigenvalue weighted by Gasteiger charge is -2.15. The van der Waals surface area contributed by atoms with Gasteiger partial charge in [0.1, 0.15) is 5.82 Å². The van der Waals surface area contributed by atoms with Crippen molar-refractivity contribution in [3.63, 3.8) is 0 Å². The molecule has 1 fully saturated rings. The number of benzene rings is 1. The van der Waals surface area contributed by atoms with E-state index in [0.29, 0.717) is 11.4 Å². The Morgan fingerprint density at radius 2 is 2.20 bits per heavy atom. The maximum atomic E-state index is 14.3. The van der Waals surface area contributed by atoms with E-state index in [2.05, 4.69) is 0 Å². The van der Waals surface area contributed by atoms with Gasteiger partial charge < -0.3 is 9.67 Å². The summed E-state index contributed by atoms with van der Waals surface area (Å²) in [6.07, 6.45) is 4.08. The Morgan fingerprint density at radius 3 is 2.80 bits per heavy atom. The van der Waals surface area contributed by atoms with Crippen LogP contribution in [-0.4, -0.2) is 15.6 Å². The molecular formula is C16H18FNO2. The van der Waals surface area contributed by atoms with Crippen LogP contribution in [0.5, 0.6) is 0 Å². The summed E-state index contributed by atoms with van der Waals surface area (Å²) in [6.45, 7) is 1.95. The van der Waals surface area contributed by atoms with E-state index in [1.165, 1.54) is 6.07 Å². The lowest BCUT2D eigenvalue weighted by molar-refractivity contribution is -0.137. The fourth-order valence-electron chi connectivity index (χ4n) is 3.16. The molecule has 0 aliphatic heterocycles. The van der Waals surface area contributed by atoms with Crippen LogP contribution in [0.1, 0.15) is 36.3 Å². The lowest BCUT2D eigenvalue weighted by atomic mass is 9.90. The van der Waals surface area contributed by atoms with Crippen molar-refractivity contribution < 1.29 is 14.3 Å². The molecular weight excluding hydrogens is 257 g/mol. The number of halogens is 1. The van der Waals surface area contributed by atoms with Crippen molar-refractivity contribution in [3.05, 3.63) is 35.3 Å². The predicted octanol–water partition coefficient (Wildman–Crippen LogP) is 3.59. The van der Waals surface area contributed by atoms with Gasteiger partial charge >= 0.3 is 5.97 Å². The molecule has 1 N–H and O–H groups in total. The summed E-state index contributed by atoms with van der Waals surface area (Å²) in [7, 11) is 1.83.